The molecule has 0 heterocycles. The molecule has 0 aliphatic rings. The van der Waals surface area contributed by atoms with Crippen molar-refractivity contribution in [3.05, 3.63) is 0 Å². The zero-order valence-electron chi connectivity index (χ0n) is 10.5. The third-order valence-electron chi connectivity index (χ3n) is 0.787. The van der Waals surface area contributed by atoms with Crippen LogP contribution >= 0.6 is 0 Å². The second-order valence-corrected chi connectivity index (χ2v) is 4.96. The summed E-state index contributed by atoms with van der Waals surface area (Å²) in [6.07, 6.45) is -2.45. The van der Waals surface area contributed by atoms with Gasteiger partial charge < -0.3 is 19.7 Å². The summed E-state index contributed by atoms with van der Waals surface area (Å²) in [6, 6.07) is 0. The second kappa shape index (κ2) is 6.19. The number of rotatable bonds is 0. The van der Waals surface area contributed by atoms with E-state index in [9.17, 15) is 9.59 Å². The largest absolute Gasteiger partial charge is 0.506 e. The van der Waals surface area contributed by atoms with Crippen LogP contribution in [-0.2, 0) is 9.47 Å². The molecule has 0 aromatic carbocycles. The van der Waals surface area contributed by atoms with Crippen molar-refractivity contribution < 1.29 is 29.3 Å². The molecule has 16 heavy (non-hydrogen) atoms. The van der Waals surface area contributed by atoms with Gasteiger partial charge in [-0.25, -0.2) is 9.59 Å². The molecule has 0 radical (unpaired) electrons. The molecule has 0 rings (SSSR count). The minimum Gasteiger partial charge on any atom is -0.450 e. The van der Waals surface area contributed by atoms with Crippen LogP contribution in [0.2, 0.25) is 0 Å². The molecule has 0 aromatic heterocycles. The van der Waals surface area contributed by atoms with Crippen molar-refractivity contribution in [2.24, 2.45) is 0 Å². The van der Waals surface area contributed by atoms with E-state index in [1.54, 1.807) is 41.5 Å². The maximum atomic E-state index is 9.79. The van der Waals surface area contributed by atoms with Gasteiger partial charge in [-0.3, -0.25) is 0 Å². The van der Waals surface area contributed by atoms with Crippen LogP contribution in [0.25, 0.3) is 0 Å². The fourth-order valence-electron chi connectivity index (χ4n) is 0.524. The van der Waals surface area contributed by atoms with Gasteiger partial charge in [-0.1, -0.05) is 0 Å². The Kier molecular flexibility index (Phi) is 6.56. The van der Waals surface area contributed by atoms with Crippen molar-refractivity contribution in [1.29, 1.82) is 0 Å². The topological polar surface area (TPSA) is 93.1 Å². The number of hydrogen-bond donors (Lipinski definition) is 2. The smallest absolute Gasteiger partial charge is 0.450 e. The van der Waals surface area contributed by atoms with Crippen molar-refractivity contribution in [2.45, 2.75) is 52.7 Å². The quantitative estimate of drug-likeness (QED) is 0.628. The summed E-state index contributed by atoms with van der Waals surface area (Å²) in [7, 11) is 0. The predicted octanol–water partition coefficient (Wildman–Crippen LogP) is 2.96. The molecule has 2 N–H and O–H groups in total. The maximum absolute atomic E-state index is 9.79. The molecular formula is C10H20O6. The van der Waals surface area contributed by atoms with Crippen LogP contribution in [0.15, 0.2) is 0 Å². The first-order chi connectivity index (χ1) is 6.83. The van der Waals surface area contributed by atoms with Gasteiger partial charge in [-0.05, 0) is 41.5 Å². The molecule has 6 nitrogen and oxygen atoms in total. The normalized spacial score (nSPS) is 10.9. The van der Waals surface area contributed by atoms with Crippen LogP contribution in [-0.4, -0.2) is 33.7 Å². The summed E-state index contributed by atoms with van der Waals surface area (Å²) in [6.45, 7) is 10.1. The van der Waals surface area contributed by atoms with Gasteiger partial charge in [0.25, 0.3) is 0 Å². The van der Waals surface area contributed by atoms with Crippen LogP contribution < -0.4 is 0 Å². The molecule has 0 aliphatic carbocycles. The van der Waals surface area contributed by atoms with Gasteiger partial charge >= 0.3 is 12.3 Å². The lowest BCUT2D eigenvalue weighted by molar-refractivity contribution is 0.0135. The van der Waals surface area contributed by atoms with E-state index in [4.69, 9.17) is 10.2 Å². The Morgan fingerprint density at radius 3 is 0.938 bits per heavy atom. The summed E-state index contributed by atoms with van der Waals surface area (Å²) >= 11 is 0. The lowest BCUT2D eigenvalue weighted by Crippen LogP contribution is -2.22. The minimum absolute atomic E-state index is 0.578. The van der Waals surface area contributed by atoms with E-state index in [1.165, 1.54) is 0 Å². The van der Waals surface area contributed by atoms with Gasteiger partial charge in [0.1, 0.15) is 11.2 Å². The lowest BCUT2D eigenvalue weighted by Gasteiger charge is -2.15. The highest BCUT2D eigenvalue weighted by molar-refractivity contribution is 5.57. The summed E-state index contributed by atoms with van der Waals surface area (Å²) in [5, 5.41) is 16.1. The average molecular weight is 236 g/mol. The Hall–Kier alpha value is -1.46. The molecule has 96 valence electrons. The zero-order chi connectivity index (χ0) is 13.6. The van der Waals surface area contributed by atoms with E-state index in [0.717, 1.165) is 0 Å². The van der Waals surface area contributed by atoms with Gasteiger partial charge in [0, 0.05) is 0 Å². The minimum atomic E-state index is -1.22. The van der Waals surface area contributed by atoms with Gasteiger partial charge in [0.15, 0.2) is 0 Å². The van der Waals surface area contributed by atoms with Crippen molar-refractivity contribution >= 4 is 12.3 Å². The van der Waals surface area contributed by atoms with Crippen LogP contribution in [0.5, 0.6) is 0 Å². The third-order valence-corrected chi connectivity index (χ3v) is 0.787. The summed E-state index contributed by atoms with van der Waals surface area (Å²) in [5.41, 5.74) is -1.16. The SMILES string of the molecule is CC(C)(C)OC(=O)O.CC(C)(C)OC(=O)O. The van der Waals surface area contributed by atoms with E-state index >= 15 is 0 Å². The molecule has 0 saturated carbocycles. The number of carbonyl (C=O) groups is 2. The number of carboxylic acid groups (broad SMARTS) is 2. The summed E-state index contributed by atoms with van der Waals surface area (Å²) in [4.78, 5) is 19.6. The Morgan fingerprint density at radius 2 is 0.938 bits per heavy atom. The molecule has 0 unspecified atom stereocenters. The van der Waals surface area contributed by atoms with E-state index in [1.807, 2.05) is 0 Å². The third kappa shape index (κ3) is 22.9. The van der Waals surface area contributed by atoms with Crippen LogP contribution in [0.3, 0.4) is 0 Å². The van der Waals surface area contributed by atoms with Crippen molar-refractivity contribution in [1.82, 2.24) is 0 Å². The van der Waals surface area contributed by atoms with Gasteiger partial charge in [-0.2, -0.15) is 0 Å². The number of hydrogen-bond acceptors (Lipinski definition) is 4. The van der Waals surface area contributed by atoms with Crippen LogP contribution in [0.1, 0.15) is 41.5 Å². The van der Waals surface area contributed by atoms with Crippen molar-refractivity contribution in [3.8, 4) is 0 Å². The summed E-state index contributed by atoms with van der Waals surface area (Å²) in [5.74, 6) is 0. The molecule has 0 spiro atoms. The first kappa shape index (κ1) is 17.0. The Bertz CT molecular complexity index is 207. The zero-order valence-corrected chi connectivity index (χ0v) is 10.5. The molecule has 0 bridgehead atoms. The fourth-order valence-corrected chi connectivity index (χ4v) is 0.524. The molecule has 6 heteroatoms. The standard InChI is InChI=1S/2C5H10O3/c2*1-5(2,3)8-4(6)7/h2*1-3H3,(H,6,7). The van der Waals surface area contributed by atoms with E-state index < -0.39 is 23.5 Å². The first-order valence-corrected chi connectivity index (χ1v) is 4.67. The van der Waals surface area contributed by atoms with Gasteiger partial charge in [0.2, 0.25) is 0 Å². The van der Waals surface area contributed by atoms with E-state index in [0.29, 0.717) is 0 Å². The molecule has 0 fully saturated rings. The molecule has 0 aliphatic heterocycles. The predicted molar refractivity (Wildman–Crippen MR) is 57.7 cm³/mol. The Labute approximate surface area is 95.2 Å². The van der Waals surface area contributed by atoms with Crippen LogP contribution in [0, 0.1) is 0 Å². The molecule has 0 saturated heterocycles. The molecule has 0 aromatic rings. The van der Waals surface area contributed by atoms with Crippen molar-refractivity contribution in [2.75, 3.05) is 0 Å². The lowest BCUT2D eigenvalue weighted by atomic mass is 10.2. The monoisotopic (exact) mass is 236 g/mol. The number of ether oxygens (including phenoxy) is 2. The summed E-state index contributed by atoms with van der Waals surface area (Å²) < 4.78 is 8.71. The Balaban J connectivity index is 0. The second-order valence-electron chi connectivity index (χ2n) is 4.96. The molecule has 0 amide bonds. The fraction of sp³-hybridized carbons (Fsp3) is 0.800. The highest BCUT2D eigenvalue weighted by Crippen LogP contribution is 2.06. The van der Waals surface area contributed by atoms with E-state index in [-0.39, 0.29) is 0 Å². The highest BCUT2D eigenvalue weighted by atomic mass is 16.7. The average Bonchev–Trinajstić information content (AvgIpc) is 1.72. The molecular weight excluding hydrogens is 216 g/mol. The van der Waals surface area contributed by atoms with E-state index in [2.05, 4.69) is 9.47 Å². The maximum Gasteiger partial charge on any atom is 0.506 e. The van der Waals surface area contributed by atoms with Gasteiger partial charge in [0.05, 0.1) is 0 Å². The first-order valence-electron chi connectivity index (χ1n) is 4.67. The molecule has 0 atom stereocenters. The highest BCUT2D eigenvalue weighted by Gasteiger charge is 2.14. The van der Waals surface area contributed by atoms with Crippen LogP contribution in [0.4, 0.5) is 9.59 Å². The van der Waals surface area contributed by atoms with Gasteiger partial charge in [-0.15, -0.1) is 0 Å². The Morgan fingerprint density at radius 1 is 0.750 bits per heavy atom. The van der Waals surface area contributed by atoms with Crippen molar-refractivity contribution in [3.63, 3.8) is 0 Å².